The third-order valence-corrected chi connectivity index (χ3v) is 3.19. The fourth-order valence-corrected chi connectivity index (χ4v) is 2.30. The van der Waals surface area contributed by atoms with Gasteiger partial charge in [-0.25, -0.2) is 4.79 Å². The number of rotatable bonds is 2. The molecule has 0 bridgehead atoms. The van der Waals surface area contributed by atoms with Crippen molar-refractivity contribution in [2.45, 2.75) is 6.42 Å². The minimum Gasteiger partial charge on any atom is -0.497 e. The topological polar surface area (TPSA) is 64.2 Å². The number of esters is 1. The smallest absolute Gasteiger partial charge is 0.356 e. The fourth-order valence-electron chi connectivity index (χ4n) is 2.30. The van der Waals surface area contributed by atoms with Gasteiger partial charge in [-0.15, -0.1) is 0 Å². The van der Waals surface area contributed by atoms with Gasteiger partial charge in [-0.3, -0.25) is 5.10 Å². The quantitative estimate of drug-likeness (QED) is 0.698. The van der Waals surface area contributed by atoms with E-state index in [1.807, 2.05) is 18.2 Å². The second-order valence-electron chi connectivity index (χ2n) is 4.12. The molecule has 0 spiro atoms. The molecular formula is C13H12N2O3. The van der Waals surface area contributed by atoms with Crippen molar-refractivity contribution in [1.29, 1.82) is 0 Å². The number of aromatic nitrogens is 2. The monoisotopic (exact) mass is 244 g/mol. The highest BCUT2D eigenvalue weighted by atomic mass is 16.5. The lowest BCUT2D eigenvalue weighted by molar-refractivity contribution is 0.0593. The zero-order chi connectivity index (χ0) is 12.7. The third kappa shape index (κ3) is 1.40. The van der Waals surface area contributed by atoms with Gasteiger partial charge in [0.2, 0.25) is 0 Å². The molecule has 1 N–H and O–H groups in total. The molecule has 1 heterocycles. The molecule has 18 heavy (non-hydrogen) atoms. The van der Waals surface area contributed by atoms with E-state index in [0.29, 0.717) is 12.1 Å². The molecule has 1 aliphatic carbocycles. The normalized spacial score (nSPS) is 11.9. The Morgan fingerprint density at radius 3 is 2.94 bits per heavy atom. The van der Waals surface area contributed by atoms with Crippen molar-refractivity contribution in [2.75, 3.05) is 14.2 Å². The highest BCUT2D eigenvalue weighted by Crippen LogP contribution is 2.38. The number of ether oxygens (including phenoxy) is 2. The first-order chi connectivity index (χ1) is 8.74. The van der Waals surface area contributed by atoms with Gasteiger partial charge in [-0.2, -0.15) is 5.10 Å². The Balaban J connectivity index is 2.08. The van der Waals surface area contributed by atoms with Crippen molar-refractivity contribution in [2.24, 2.45) is 0 Å². The number of hydrogen-bond donors (Lipinski definition) is 1. The lowest BCUT2D eigenvalue weighted by atomic mass is 10.1. The summed E-state index contributed by atoms with van der Waals surface area (Å²) in [4.78, 5) is 11.6. The zero-order valence-corrected chi connectivity index (χ0v) is 10.1. The van der Waals surface area contributed by atoms with Gasteiger partial charge in [0, 0.05) is 17.5 Å². The Morgan fingerprint density at radius 2 is 2.22 bits per heavy atom. The van der Waals surface area contributed by atoms with Gasteiger partial charge < -0.3 is 9.47 Å². The minimum atomic E-state index is -0.386. The second-order valence-corrected chi connectivity index (χ2v) is 4.12. The number of nitrogens with zero attached hydrogens (tertiary/aromatic N) is 1. The predicted molar refractivity (Wildman–Crippen MR) is 64.7 cm³/mol. The van der Waals surface area contributed by atoms with E-state index in [1.54, 1.807) is 7.11 Å². The van der Waals surface area contributed by atoms with Crippen LogP contribution in [0.5, 0.6) is 5.75 Å². The largest absolute Gasteiger partial charge is 0.497 e. The Morgan fingerprint density at radius 1 is 1.39 bits per heavy atom. The summed E-state index contributed by atoms with van der Waals surface area (Å²) >= 11 is 0. The molecule has 0 saturated carbocycles. The Hall–Kier alpha value is -2.30. The van der Waals surface area contributed by atoms with Crippen molar-refractivity contribution < 1.29 is 14.3 Å². The predicted octanol–water partition coefficient (Wildman–Crippen LogP) is 1.78. The van der Waals surface area contributed by atoms with Crippen molar-refractivity contribution in [3.63, 3.8) is 0 Å². The molecule has 3 rings (SSSR count). The second kappa shape index (κ2) is 3.87. The number of fused-ring (bicyclic) bond motifs is 3. The molecule has 0 aliphatic heterocycles. The van der Waals surface area contributed by atoms with Crippen LogP contribution in [0, 0.1) is 0 Å². The summed E-state index contributed by atoms with van der Waals surface area (Å²) in [5, 5.41) is 6.94. The van der Waals surface area contributed by atoms with E-state index in [0.717, 1.165) is 28.1 Å². The maximum Gasteiger partial charge on any atom is 0.356 e. The van der Waals surface area contributed by atoms with Crippen LogP contribution in [-0.2, 0) is 11.2 Å². The van der Waals surface area contributed by atoms with Crippen LogP contribution >= 0.6 is 0 Å². The van der Waals surface area contributed by atoms with E-state index < -0.39 is 0 Å². The maximum atomic E-state index is 11.6. The van der Waals surface area contributed by atoms with Crippen LogP contribution < -0.4 is 4.74 Å². The first kappa shape index (κ1) is 10.8. The summed E-state index contributed by atoms with van der Waals surface area (Å²) in [6, 6.07) is 5.82. The summed E-state index contributed by atoms with van der Waals surface area (Å²) in [7, 11) is 3.00. The number of aromatic amines is 1. The Labute approximate surface area is 104 Å². The molecule has 0 fully saturated rings. The van der Waals surface area contributed by atoms with E-state index in [4.69, 9.17) is 9.47 Å². The van der Waals surface area contributed by atoms with Crippen LogP contribution in [0.1, 0.15) is 21.6 Å². The molecule has 0 unspecified atom stereocenters. The van der Waals surface area contributed by atoms with Gasteiger partial charge in [0.05, 0.1) is 19.9 Å². The summed E-state index contributed by atoms with van der Waals surface area (Å²) in [6.45, 7) is 0. The SMILES string of the molecule is COC(=O)c1[nH]nc2c1Cc1cc(OC)ccc1-2. The van der Waals surface area contributed by atoms with Crippen molar-refractivity contribution in [1.82, 2.24) is 10.2 Å². The molecule has 0 saturated heterocycles. The molecule has 1 aromatic heterocycles. The number of methoxy groups -OCH3 is 2. The van der Waals surface area contributed by atoms with Gasteiger partial charge in [0.1, 0.15) is 11.4 Å². The molecule has 1 aromatic carbocycles. The van der Waals surface area contributed by atoms with Gasteiger partial charge in [-0.05, 0) is 23.8 Å². The Kier molecular flexibility index (Phi) is 2.33. The molecule has 0 radical (unpaired) electrons. The van der Waals surface area contributed by atoms with Crippen LogP contribution in [0.4, 0.5) is 0 Å². The zero-order valence-electron chi connectivity index (χ0n) is 10.1. The lowest BCUT2D eigenvalue weighted by Crippen LogP contribution is -2.04. The van der Waals surface area contributed by atoms with Crippen LogP contribution in [0.25, 0.3) is 11.3 Å². The number of hydrogen-bond acceptors (Lipinski definition) is 4. The third-order valence-electron chi connectivity index (χ3n) is 3.19. The van der Waals surface area contributed by atoms with Crippen LogP contribution in [0.3, 0.4) is 0 Å². The average Bonchev–Trinajstić information content (AvgIpc) is 2.95. The maximum absolute atomic E-state index is 11.6. The molecule has 5 heteroatoms. The van der Waals surface area contributed by atoms with E-state index >= 15 is 0 Å². The molecule has 2 aromatic rings. The van der Waals surface area contributed by atoms with Crippen LogP contribution in [0.15, 0.2) is 18.2 Å². The summed E-state index contributed by atoms with van der Waals surface area (Å²) in [5.41, 5.74) is 4.31. The van der Waals surface area contributed by atoms with Crippen LogP contribution in [0.2, 0.25) is 0 Å². The fraction of sp³-hybridized carbons (Fsp3) is 0.231. The van der Waals surface area contributed by atoms with Gasteiger partial charge in [-0.1, -0.05) is 0 Å². The molecule has 0 atom stereocenters. The summed E-state index contributed by atoms with van der Waals surface area (Å²) < 4.78 is 9.92. The van der Waals surface area contributed by atoms with Crippen molar-refractivity contribution in [3.8, 4) is 17.0 Å². The van der Waals surface area contributed by atoms with E-state index in [2.05, 4.69) is 10.2 Å². The van der Waals surface area contributed by atoms with Gasteiger partial charge in [0.15, 0.2) is 0 Å². The van der Waals surface area contributed by atoms with E-state index in [9.17, 15) is 4.79 Å². The number of nitrogens with one attached hydrogen (secondary N) is 1. The van der Waals surface area contributed by atoms with Gasteiger partial charge >= 0.3 is 5.97 Å². The first-order valence-electron chi connectivity index (χ1n) is 5.57. The highest BCUT2D eigenvalue weighted by molar-refractivity contribution is 5.93. The van der Waals surface area contributed by atoms with Crippen molar-refractivity contribution >= 4 is 5.97 Å². The highest BCUT2D eigenvalue weighted by Gasteiger charge is 2.28. The average molecular weight is 244 g/mol. The minimum absolute atomic E-state index is 0.386. The standard InChI is InChI=1S/C13H12N2O3/c1-17-8-3-4-9-7(5-8)6-10-11(9)14-15-12(10)13(16)18-2/h3-5H,6H2,1-2H3,(H,14,15). The van der Waals surface area contributed by atoms with E-state index in [-0.39, 0.29) is 5.97 Å². The molecule has 5 nitrogen and oxygen atoms in total. The number of carbonyl (C=O) groups excluding carboxylic acids is 1. The summed E-state index contributed by atoms with van der Waals surface area (Å²) in [6.07, 6.45) is 0.669. The van der Waals surface area contributed by atoms with E-state index in [1.165, 1.54) is 7.11 Å². The number of H-pyrrole nitrogens is 1. The van der Waals surface area contributed by atoms with Crippen LogP contribution in [-0.4, -0.2) is 30.4 Å². The lowest BCUT2D eigenvalue weighted by Gasteiger charge is -2.03. The molecule has 92 valence electrons. The molecule has 0 amide bonds. The number of carbonyl (C=O) groups is 1. The summed E-state index contributed by atoms with van der Waals surface area (Å²) in [5.74, 6) is 0.422. The number of benzene rings is 1. The van der Waals surface area contributed by atoms with Gasteiger partial charge in [0.25, 0.3) is 0 Å². The molecular weight excluding hydrogens is 232 g/mol. The first-order valence-corrected chi connectivity index (χ1v) is 5.57. The Bertz CT molecular complexity index is 631. The van der Waals surface area contributed by atoms with Crippen molar-refractivity contribution in [3.05, 3.63) is 35.0 Å². The molecule has 1 aliphatic rings.